The summed E-state index contributed by atoms with van der Waals surface area (Å²) >= 11 is 6.20. The van der Waals surface area contributed by atoms with Gasteiger partial charge in [0.2, 0.25) is 0 Å². The number of aryl methyl sites for hydroxylation is 3. The van der Waals surface area contributed by atoms with Crippen LogP contribution in [0.15, 0.2) is 60.7 Å². The van der Waals surface area contributed by atoms with Crippen molar-refractivity contribution in [2.45, 2.75) is 33.9 Å². The van der Waals surface area contributed by atoms with E-state index in [0.29, 0.717) is 18.2 Å². The Morgan fingerprint density at radius 3 is 2.38 bits per heavy atom. The van der Waals surface area contributed by atoms with Crippen LogP contribution in [0.5, 0.6) is 5.75 Å². The Morgan fingerprint density at radius 1 is 0.808 bits per heavy atom. The lowest BCUT2D eigenvalue weighted by molar-refractivity contribution is 0.302. The zero-order chi connectivity index (χ0) is 18.5. The van der Waals surface area contributed by atoms with Crippen LogP contribution in [0.1, 0.15) is 27.8 Å². The molecule has 134 valence electrons. The minimum absolute atomic E-state index is 0.547. The molecule has 0 amide bonds. The molecule has 0 aliphatic rings. The molecule has 3 aromatic rings. The molecule has 0 spiro atoms. The van der Waals surface area contributed by atoms with Crippen LogP contribution >= 0.6 is 11.6 Å². The van der Waals surface area contributed by atoms with Crippen molar-refractivity contribution >= 4 is 17.3 Å². The van der Waals surface area contributed by atoms with Crippen LogP contribution in [-0.2, 0) is 13.2 Å². The molecule has 26 heavy (non-hydrogen) atoms. The topological polar surface area (TPSA) is 21.3 Å². The van der Waals surface area contributed by atoms with E-state index in [1.807, 2.05) is 30.3 Å². The van der Waals surface area contributed by atoms with Crippen LogP contribution in [0.4, 0.5) is 5.69 Å². The fourth-order valence-corrected chi connectivity index (χ4v) is 3.00. The summed E-state index contributed by atoms with van der Waals surface area (Å²) < 4.78 is 6.09. The molecule has 0 fully saturated rings. The Kier molecular flexibility index (Phi) is 5.85. The lowest BCUT2D eigenvalue weighted by Gasteiger charge is -2.15. The number of hydrogen-bond acceptors (Lipinski definition) is 2. The first-order valence-electron chi connectivity index (χ1n) is 8.80. The molecular weight excluding hydrogens is 342 g/mol. The number of nitrogens with one attached hydrogen (secondary N) is 1. The van der Waals surface area contributed by atoms with E-state index < -0.39 is 0 Å². The van der Waals surface area contributed by atoms with Crippen LogP contribution in [0, 0.1) is 20.8 Å². The second-order valence-electron chi connectivity index (χ2n) is 6.62. The number of rotatable bonds is 6. The quantitative estimate of drug-likeness (QED) is 0.541. The van der Waals surface area contributed by atoms with Gasteiger partial charge in [-0.15, -0.1) is 0 Å². The van der Waals surface area contributed by atoms with E-state index in [1.165, 1.54) is 22.3 Å². The van der Waals surface area contributed by atoms with Crippen molar-refractivity contribution in [1.29, 1.82) is 0 Å². The van der Waals surface area contributed by atoms with Gasteiger partial charge in [0.15, 0.2) is 0 Å². The van der Waals surface area contributed by atoms with Gasteiger partial charge < -0.3 is 10.1 Å². The minimum atomic E-state index is 0.547. The van der Waals surface area contributed by atoms with Gasteiger partial charge in [0.05, 0.1) is 0 Å². The van der Waals surface area contributed by atoms with Gasteiger partial charge in [-0.2, -0.15) is 0 Å². The third kappa shape index (κ3) is 4.59. The summed E-state index contributed by atoms with van der Waals surface area (Å²) in [5.74, 6) is 0.856. The van der Waals surface area contributed by atoms with Gasteiger partial charge >= 0.3 is 0 Å². The number of halogens is 1. The van der Waals surface area contributed by atoms with Gasteiger partial charge in [-0.1, -0.05) is 41.9 Å². The summed E-state index contributed by atoms with van der Waals surface area (Å²) in [5, 5.41) is 4.18. The Labute approximate surface area is 160 Å². The van der Waals surface area contributed by atoms with E-state index in [2.05, 4.69) is 56.4 Å². The normalized spacial score (nSPS) is 10.6. The van der Waals surface area contributed by atoms with Crippen molar-refractivity contribution in [2.75, 3.05) is 5.32 Å². The first kappa shape index (κ1) is 18.3. The van der Waals surface area contributed by atoms with Gasteiger partial charge in [-0.25, -0.2) is 0 Å². The molecule has 0 aromatic heterocycles. The van der Waals surface area contributed by atoms with Crippen molar-refractivity contribution in [3.05, 3.63) is 93.5 Å². The highest BCUT2D eigenvalue weighted by atomic mass is 35.5. The Balaban J connectivity index is 1.73. The molecule has 3 rings (SSSR count). The molecule has 0 saturated carbocycles. The number of hydrogen-bond donors (Lipinski definition) is 1. The first-order chi connectivity index (χ1) is 12.5. The summed E-state index contributed by atoms with van der Waals surface area (Å²) in [7, 11) is 0. The van der Waals surface area contributed by atoms with E-state index >= 15 is 0 Å². The van der Waals surface area contributed by atoms with E-state index in [9.17, 15) is 0 Å². The van der Waals surface area contributed by atoms with Gasteiger partial charge in [-0.3, -0.25) is 0 Å². The minimum Gasteiger partial charge on any atom is -0.489 e. The van der Waals surface area contributed by atoms with Gasteiger partial charge in [-0.05, 0) is 73.4 Å². The highest BCUT2D eigenvalue weighted by Crippen LogP contribution is 2.26. The monoisotopic (exact) mass is 365 g/mol. The van der Waals surface area contributed by atoms with Crippen molar-refractivity contribution in [2.24, 2.45) is 0 Å². The Hall–Kier alpha value is -2.45. The van der Waals surface area contributed by atoms with Gasteiger partial charge in [0.1, 0.15) is 12.4 Å². The zero-order valence-electron chi connectivity index (χ0n) is 15.5. The second kappa shape index (κ2) is 8.29. The highest BCUT2D eigenvalue weighted by molar-refractivity contribution is 6.30. The van der Waals surface area contributed by atoms with Crippen LogP contribution in [0.3, 0.4) is 0 Å². The fraction of sp³-hybridized carbons (Fsp3) is 0.217. The molecule has 0 heterocycles. The molecule has 3 heteroatoms. The maximum Gasteiger partial charge on any atom is 0.124 e. The summed E-state index contributed by atoms with van der Waals surface area (Å²) in [5.41, 5.74) is 7.13. The largest absolute Gasteiger partial charge is 0.489 e. The van der Waals surface area contributed by atoms with E-state index in [1.54, 1.807) is 0 Å². The Bertz CT molecular complexity index is 904. The molecule has 0 radical (unpaired) electrons. The average molecular weight is 366 g/mol. The van der Waals surface area contributed by atoms with Crippen LogP contribution in [0.25, 0.3) is 0 Å². The van der Waals surface area contributed by atoms with Crippen LogP contribution in [-0.4, -0.2) is 0 Å². The average Bonchev–Trinajstić information content (AvgIpc) is 2.63. The smallest absolute Gasteiger partial charge is 0.124 e. The molecule has 0 saturated heterocycles. The lowest BCUT2D eigenvalue weighted by Crippen LogP contribution is -2.04. The maximum absolute atomic E-state index is 6.20. The Morgan fingerprint density at radius 2 is 1.62 bits per heavy atom. The van der Waals surface area contributed by atoms with Crippen molar-refractivity contribution in [3.8, 4) is 5.75 Å². The maximum atomic E-state index is 6.20. The molecule has 0 aliphatic carbocycles. The third-order valence-corrected chi connectivity index (χ3v) is 4.89. The summed E-state index contributed by atoms with van der Waals surface area (Å²) in [6.45, 7) is 7.55. The molecule has 0 bridgehead atoms. The SMILES string of the molecule is Cc1ccc(NCc2cc(Cl)ccc2OCc2ccccc2C)cc1C. The van der Waals surface area contributed by atoms with Crippen molar-refractivity contribution in [3.63, 3.8) is 0 Å². The summed E-state index contributed by atoms with van der Waals surface area (Å²) in [4.78, 5) is 0. The molecule has 2 nitrogen and oxygen atoms in total. The zero-order valence-corrected chi connectivity index (χ0v) is 16.2. The van der Waals surface area contributed by atoms with E-state index in [0.717, 1.165) is 17.0 Å². The van der Waals surface area contributed by atoms with Crippen LogP contribution < -0.4 is 10.1 Å². The molecule has 1 N–H and O–H groups in total. The highest BCUT2D eigenvalue weighted by Gasteiger charge is 2.07. The third-order valence-electron chi connectivity index (χ3n) is 4.66. The molecule has 0 atom stereocenters. The van der Waals surface area contributed by atoms with Gasteiger partial charge in [0, 0.05) is 22.8 Å². The summed E-state index contributed by atoms with van der Waals surface area (Å²) in [6.07, 6.45) is 0. The molecule has 0 aliphatic heterocycles. The van der Waals surface area contributed by atoms with E-state index in [4.69, 9.17) is 16.3 Å². The standard InChI is InChI=1S/C23H24ClNO/c1-16-8-10-22(12-18(16)3)25-14-20-13-21(24)9-11-23(20)26-15-19-7-5-4-6-17(19)2/h4-13,25H,14-15H2,1-3H3. The second-order valence-corrected chi connectivity index (χ2v) is 7.06. The summed E-state index contributed by atoms with van der Waals surface area (Å²) in [6, 6.07) is 20.4. The predicted molar refractivity (Wildman–Crippen MR) is 110 cm³/mol. The molecule has 3 aromatic carbocycles. The first-order valence-corrected chi connectivity index (χ1v) is 9.17. The molecule has 0 unspecified atom stereocenters. The number of benzene rings is 3. The predicted octanol–water partition coefficient (Wildman–Crippen LogP) is 6.46. The number of anilines is 1. The van der Waals surface area contributed by atoms with E-state index in [-0.39, 0.29) is 0 Å². The van der Waals surface area contributed by atoms with Crippen LogP contribution in [0.2, 0.25) is 5.02 Å². The van der Waals surface area contributed by atoms with Crippen molar-refractivity contribution < 1.29 is 4.74 Å². The van der Waals surface area contributed by atoms with Gasteiger partial charge in [0.25, 0.3) is 0 Å². The fourth-order valence-electron chi connectivity index (χ4n) is 2.80. The lowest BCUT2D eigenvalue weighted by atomic mass is 10.1. The van der Waals surface area contributed by atoms with Crippen molar-refractivity contribution in [1.82, 2.24) is 0 Å². The molecular formula is C23H24ClNO. The number of ether oxygens (including phenoxy) is 1.